The third-order valence-electron chi connectivity index (χ3n) is 3.03. The number of thiocarbonyl (C=S) groups is 2. The Hall–Kier alpha value is -2.98. The Morgan fingerprint density at radius 1 is 0.769 bits per heavy atom. The van der Waals surface area contributed by atoms with E-state index in [-0.39, 0.29) is 0 Å². The van der Waals surface area contributed by atoms with Crippen molar-refractivity contribution in [1.29, 1.82) is 0 Å². The van der Waals surface area contributed by atoms with Gasteiger partial charge in [0.2, 0.25) is 0 Å². The minimum atomic E-state index is 0.359. The highest BCUT2D eigenvalue weighted by Gasteiger charge is 2.18. The lowest BCUT2D eigenvalue weighted by molar-refractivity contribution is 0.964. The number of nitrogens with zero attached hydrogens (tertiary/aromatic N) is 4. The van der Waals surface area contributed by atoms with Crippen molar-refractivity contribution in [3.05, 3.63) is 60.2 Å². The predicted octanol–water partition coefficient (Wildman–Crippen LogP) is 0.773. The second-order valence-corrected chi connectivity index (χ2v) is 5.55. The molecular weight excluding hydrogens is 368 g/mol. The van der Waals surface area contributed by atoms with Gasteiger partial charge in [-0.05, 0) is 48.7 Å². The van der Waals surface area contributed by atoms with Crippen LogP contribution in [0.4, 0.5) is 0 Å². The molecule has 2 heterocycles. The molecule has 10 heteroatoms. The maximum atomic E-state index is 5.10. The fourth-order valence-corrected chi connectivity index (χ4v) is 1.89. The lowest BCUT2D eigenvalue weighted by Gasteiger charge is -2.11. The van der Waals surface area contributed by atoms with Gasteiger partial charge in [0.1, 0.15) is 11.4 Å². The van der Waals surface area contributed by atoms with Gasteiger partial charge < -0.3 is 10.6 Å². The molecule has 0 radical (unpaired) electrons. The first-order valence-corrected chi connectivity index (χ1v) is 8.41. The van der Waals surface area contributed by atoms with Crippen LogP contribution in [0.3, 0.4) is 0 Å². The maximum Gasteiger partial charge on any atom is 0.186 e. The first-order valence-electron chi connectivity index (χ1n) is 7.59. The van der Waals surface area contributed by atoms with E-state index in [2.05, 4.69) is 41.7 Å². The van der Waals surface area contributed by atoms with Crippen LogP contribution in [0.15, 0.2) is 59.0 Å². The molecule has 8 nitrogen and oxygen atoms in total. The summed E-state index contributed by atoms with van der Waals surface area (Å²) in [5.74, 6) is 0. The molecule has 2 rings (SSSR count). The molecule has 0 atom stereocenters. The summed E-state index contributed by atoms with van der Waals surface area (Å²) in [5, 5.41) is 15.1. The largest absolute Gasteiger partial charge is 0.364 e. The van der Waals surface area contributed by atoms with Gasteiger partial charge >= 0.3 is 0 Å². The Morgan fingerprint density at radius 2 is 1.19 bits per heavy atom. The van der Waals surface area contributed by atoms with Crippen molar-refractivity contribution in [3.8, 4) is 0 Å². The standard InChI is InChI=1S/C16H18N8S2/c1-17-15(25)23-21-13(11-7-3-5-9-19-11)14(22-24-16(26)18-2)12-8-4-6-10-20-12/h3-10H,1-2H3,(H2,17,23,25)(H2,18,24,26). The summed E-state index contributed by atoms with van der Waals surface area (Å²) in [4.78, 5) is 8.71. The number of nitrogens with one attached hydrogen (secondary N) is 4. The van der Waals surface area contributed by atoms with Gasteiger partial charge in [0.15, 0.2) is 10.2 Å². The van der Waals surface area contributed by atoms with Crippen LogP contribution in [0, 0.1) is 0 Å². The molecule has 0 aromatic carbocycles. The summed E-state index contributed by atoms with van der Waals surface area (Å²) in [6.07, 6.45) is 3.34. The monoisotopic (exact) mass is 386 g/mol. The number of hydrogen-bond acceptors (Lipinski definition) is 6. The van der Waals surface area contributed by atoms with E-state index < -0.39 is 0 Å². The maximum absolute atomic E-state index is 5.10. The molecular formula is C16H18N8S2. The molecule has 2 aromatic heterocycles. The van der Waals surface area contributed by atoms with E-state index in [1.807, 2.05) is 36.4 Å². The molecule has 26 heavy (non-hydrogen) atoms. The Balaban J connectivity index is 2.53. The summed E-state index contributed by atoms with van der Waals surface area (Å²) in [7, 11) is 3.40. The minimum absolute atomic E-state index is 0.359. The van der Waals surface area contributed by atoms with E-state index in [0.29, 0.717) is 33.0 Å². The lowest BCUT2D eigenvalue weighted by atomic mass is 10.1. The molecule has 0 aliphatic carbocycles. The topological polar surface area (TPSA) is 98.6 Å². The fraction of sp³-hybridized carbons (Fsp3) is 0.125. The second kappa shape index (κ2) is 10.1. The highest BCUT2D eigenvalue weighted by Crippen LogP contribution is 2.06. The van der Waals surface area contributed by atoms with E-state index in [1.54, 1.807) is 26.5 Å². The fourth-order valence-electron chi connectivity index (χ4n) is 1.79. The average molecular weight is 387 g/mol. The first kappa shape index (κ1) is 19.3. The van der Waals surface area contributed by atoms with Crippen LogP contribution in [-0.2, 0) is 0 Å². The quantitative estimate of drug-likeness (QED) is 0.340. The van der Waals surface area contributed by atoms with Crippen molar-refractivity contribution in [2.75, 3.05) is 14.1 Å². The van der Waals surface area contributed by atoms with Crippen LogP contribution in [0.25, 0.3) is 0 Å². The van der Waals surface area contributed by atoms with Crippen molar-refractivity contribution < 1.29 is 0 Å². The van der Waals surface area contributed by atoms with Crippen LogP contribution < -0.4 is 21.5 Å². The van der Waals surface area contributed by atoms with Gasteiger partial charge in [-0.2, -0.15) is 10.2 Å². The molecule has 0 fully saturated rings. The van der Waals surface area contributed by atoms with Crippen LogP contribution in [0.2, 0.25) is 0 Å². The molecule has 4 N–H and O–H groups in total. The lowest BCUT2D eigenvalue weighted by Crippen LogP contribution is -2.34. The van der Waals surface area contributed by atoms with Crippen LogP contribution >= 0.6 is 24.4 Å². The zero-order chi connectivity index (χ0) is 18.8. The Morgan fingerprint density at radius 3 is 1.50 bits per heavy atom. The van der Waals surface area contributed by atoms with E-state index in [0.717, 1.165) is 0 Å². The molecule has 0 unspecified atom stereocenters. The van der Waals surface area contributed by atoms with E-state index in [4.69, 9.17) is 24.4 Å². The molecule has 2 aromatic rings. The molecule has 0 aliphatic rings. The number of aromatic nitrogens is 2. The van der Waals surface area contributed by atoms with Crippen molar-refractivity contribution in [2.24, 2.45) is 10.2 Å². The van der Waals surface area contributed by atoms with Crippen LogP contribution in [0.1, 0.15) is 11.4 Å². The van der Waals surface area contributed by atoms with E-state index >= 15 is 0 Å². The Kier molecular flexibility index (Phi) is 7.52. The summed E-state index contributed by atoms with van der Waals surface area (Å²) in [5.41, 5.74) is 7.63. The van der Waals surface area contributed by atoms with Gasteiger partial charge in [0, 0.05) is 26.5 Å². The van der Waals surface area contributed by atoms with Crippen molar-refractivity contribution in [2.45, 2.75) is 0 Å². The number of rotatable bonds is 5. The van der Waals surface area contributed by atoms with Crippen LogP contribution in [-0.4, -0.2) is 45.7 Å². The van der Waals surface area contributed by atoms with Crippen LogP contribution in [0.5, 0.6) is 0 Å². The van der Waals surface area contributed by atoms with Gasteiger partial charge in [0.05, 0.1) is 11.4 Å². The third-order valence-corrected chi connectivity index (χ3v) is 3.62. The molecule has 0 saturated carbocycles. The van der Waals surface area contributed by atoms with Gasteiger partial charge in [-0.1, -0.05) is 12.1 Å². The SMILES string of the molecule is CNC(=S)NN=C(C(=NNC(=S)NC)c1ccccn1)c1ccccn1. The van der Waals surface area contributed by atoms with Gasteiger partial charge in [0.25, 0.3) is 0 Å². The van der Waals surface area contributed by atoms with Gasteiger partial charge in [-0.3, -0.25) is 20.8 Å². The molecule has 0 amide bonds. The van der Waals surface area contributed by atoms with Gasteiger partial charge in [-0.25, -0.2) is 0 Å². The smallest absolute Gasteiger partial charge is 0.186 e. The molecule has 0 aliphatic heterocycles. The second-order valence-electron chi connectivity index (χ2n) is 4.73. The summed E-state index contributed by atoms with van der Waals surface area (Å²) < 4.78 is 0. The zero-order valence-corrected chi connectivity index (χ0v) is 15.9. The van der Waals surface area contributed by atoms with E-state index in [9.17, 15) is 0 Å². The molecule has 0 bridgehead atoms. The molecule has 0 saturated heterocycles. The number of hydrogen-bond donors (Lipinski definition) is 4. The minimum Gasteiger partial charge on any atom is -0.364 e. The highest BCUT2D eigenvalue weighted by atomic mass is 32.1. The third kappa shape index (κ3) is 5.53. The molecule has 0 spiro atoms. The first-order chi connectivity index (χ1) is 12.7. The summed E-state index contributed by atoms with van der Waals surface area (Å²) >= 11 is 10.2. The Bertz CT molecular complexity index is 736. The van der Waals surface area contributed by atoms with Crippen molar-refractivity contribution in [1.82, 2.24) is 31.5 Å². The van der Waals surface area contributed by atoms with Crippen molar-refractivity contribution >= 4 is 46.1 Å². The zero-order valence-electron chi connectivity index (χ0n) is 14.2. The van der Waals surface area contributed by atoms with Crippen molar-refractivity contribution in [3.63, 3.8) is 0 Å². The highest BCUT2D eigenvalue weighted by molar-refractivity contribution is 7.80. The Labute approximate surface area is 162 Å². The molecule has 134 valence electrons. The van der Waals surface area contributed by atoms with Gasteiger partial charge in [-0.15, -0.1) is 0 Å². The summed E-state index contributed by atoms with van der Waals surface area (Å²) in [6.45, 7) is 0. The number of pyridine rings is 2. The average Bonchev–Trinajstić information content (AvgIpc) is 2.71. The van der Waals surface area contributed by atoms with E-state index in [1.165, 1.54) is 0 Å². The number of hydrazone groups is 2. The summed E-state index contributed by atoms with van der Waals surface area (Å²) in [6, 6.07) is 11.0. The normalized spacial score (nSPS) is 11.5. The predicted molar refractivity (Wildman–Crippen MR) is 111 cm³/mol.